The zero-order chi connectivity index (χ0) is 11.1. The molecule has 0 spiro atoms. The Bertz CT molecular complexity index is 523. The Morgan fingerprint density at radius 3 is 2.94 bits per heavy atom. The lowest BCUT2D eigenvalue weighted by atomic mass is 10.1. The first-order valence-electron chi connectivity index (χ1n) is 5.56. The maximum Gasteiger partial charge on any atom is 0.0985 e. The number of halogens is 1. The van der Waals surface area contributed by atoms with E-state index < -0.39 is 0 Å². The monoisotopic (exact) mass is 252 g/mol. The molecule has 1 heterocycles. The van der Waals surface area contributed by atoms with Crippen molar-refractivity contribution in [2.45, 2.75) is 31.2 Å². The van der Waals surface area contributed by atoms with Crippen LogP contribution in [0.4, 0.5) is 0 Å². The Balaban J connectivity index is 2.08. The van der Waals surface area contributed by atoms with Crippen molar-refractivity contribution in [1.29, 1.82) is 0 Å². The Morgan fingerprint density at radius 2 is 2.25 bits per heavy atom. The maximum absolute atomic E-state index is 6.15. The van der Waals surface area contributed by atoms with E-state index in [0.29, 0.717) is 5.92 Å². The molecule has 1 aliphatic carbocycles. The smallest absolute Gasteiger partial charge is 0.0985 e. The molecule has 0 aliphatic heterocycles. The van der Waals surface area contributed by atoms with Gasteiger partial charge in [0.25, 0.3) is 0 Å². The van der Waals surface area contributed by atoms with Gasteiger partial charge < -0.3 is 5.73 Å². The molecule has 0 bridgehead atoms. The quantitative estimate of drug-likeness (QED) is 0.843. The third-order valence-electron chi connectivity index (χ3n) is 3.27. The average molecular weight is 253 g/mol. The van der Waals surface area contributed by atoms with E-state index in [2.05, 4.69) is 4.98 Å². The fraction of sp³-hybridized carbons (Fsp3) is 0.417. The van der Waals surface area contributed by atoms with E-state index >= 15 is 0 Å². The number of thiazole rings is 1. The topological polar surface area (TPSA) is 38.9 Å². The molecular weight excluding hydrogens is 240 g/mol. The zero-order valence-electron chi connectivity index (χ0n) is 8.82. The summed E-state index contributed by atoms with van der Waals surface area (Å²) in [6, 6.07) is 6.16. The van der Waals surface area contributed by atoms with E-state index in [1.807, 2.05) is 18.2 Å². The van der Waals surface area contributed by atoms with Gasteiger partial charge in [-0.15, -0.1) is 11.3 Å². The van der Waals surface area contributed by atoms with Gasteiger partial charge in [0.15, 0.2) is 0 Å². The molecule has 2 N–H and O–H groups in total. The lowest BCUT2D eigenvalue weighted by Gasteiger charge is -2.10. The summed E-state index contributed by atoms with van der Waals surface area (Å²) in [5, 5.41) is 1.96. The highest BCUT2D eigenvalue weighted by Gasteiger charge is 2.28. The second kappa shape index (κ2) is 3.99. The number of benzene rings is 1. The molecule has 1 aromatic carbocycles. The number of fused-ring (bicyclic) bond motifs is 1. The molecule has 16 heavy (non-hydrogen) atoms. The maximum atomic E-state index is 6.15. The summed E-state index contributed by atoms with van der Waals surface area (Å²) in [6.45, 7) is 0. The minimum atomic E-state index is 0.277. The second-order valence-corrected chi connectivity index (χ2v) is 5.78. The Hall–Kier alpha value is -0.640. The van der Waals surface area contributed by atoms with Crippen LogP contribution < -0.4 is 5.73 Å². The van der Waals surface area contributed by atoms with E-state index in [0.717, 1.165) is 26.7 Å². The third-order valence-corrected chi connectivity index (χ3v) is 4.93. The van der Waals surface area contributed by atoms with Crippen molar-refractivity contribution < 1.29 is 0 Å². The van der Waals surface area contributed by atoms with Crippen LogP contribution in [-0.4, -0.2) is 11.0 Å². The van der Waals surface area contributed by atoms with Gasteiger partial charge in [-0.05, 0) is 25.0 Å². The molecule has 1 fully saturated rings. The Morgan fingerprint density at radius 1 is 1.38 bits per heavy atom. The van der Waals surface area contributed by atoms with E-state index in [4.69, 9.17) is 17.3 Å². The minimum absolute atomic E-state index is 0.277. The van der Waals surface area contributed by atoms with Crippen LogP contribution in [0.5, 0.6) is 0 Å². The molecular formula is C12H13ClN2S. The third kappa shape index (κ3) is 1.63. The van der Waals surface area contributed by atoms with Gasteiger partial charge in [-0.2, -0.15) is 0 Å². The Labute approximate surface area is 103 Å². The summed E-state index contributed by atoms with van der Waals surface area (Å²) in [5.74, 6) is 0.438. The van der Waals surface area contributed by atoms with Crippen molar-refractivity contribution in [3.63, 3.8) is 0 Å². The van der Waals surface area contributed by atoms with Gasteiger partial charge in [-0.3, -0.25) is 0 Å². The lowest BCUT2D eigenvalue weighted by Crippen LogP contribution is -2.22. The SMILES string of the molecule is NC1CCCC1c1nc2cccc(Cl)c2s1. The first-order chi connectivity index (χ1) is 7.75. The number of hydrogen-bond donors (Lipinski definition) is 1. The summed E-state index contributed by atoms with van der Waals surface area (Å²) < 4.78 is 1.10. The van der Waals surface area contributed by atoms with Gasteiger partial charge in [0.2, 0.25) is 0 Å². The van der Waals surface area contributed by atoms with Crippen molar-refractivity contribution in [2.75, 3.05) is 0 Å². The Kier molecular flexibility index (Phi) is 2.62. The number of aromatic nitrogens is 1. The van der Waals surface area contributed by atoms with Crippen LogP contribution in [-0.2, 0) is 0 Å². The molecule has 2 unspecified atom stereocenters. The van der Waals surface area contributed by atoms with Crippen molar-refractivity contribution >= 4 is 33.2 Å². The van der Waals surface area contributed by atoms with Crippen LogP contribution >= 0.6 is 22.9 Å². The van der Waals surface area contributed by atoms with Crippen LogP contribution in [0.25, 0.3) is 10.2 Å². The molecule has 2 aromatic rings. The van der Waals surface area contributed by atoms with Crippen LogP contribution in [0, 0.1) is 0 Å². The number of nitrogens with zero attached hydrogens (tertiary/aromatic N) is 1. The predicted octanol–water partition coefficient (Wildman–Crippen LogP) is 3.54. The molecule has 3 rings (SSSR count). The largest absolute Gasteiger partial charge is 0.327 e. The summed E-state index contributed by atoms with van der Waals surface area (Å²) in [6.07, 6.45) is 3.50. The summed E-state index contributed by atoms with van der Waals surface area (Å²) in [4.78, 5) is 4.66. The van der Waals surface area contributed by atoms with Gasteiger partial charge in [-0.25, -0.2) is 4.98 Å². The number of rotatable bonds is 1. The number of hydrogen-bond acceptors (Lipinski definition) is 3. The van der Waals surface area contributed by atoms with Crippen LogP contribution in [0.15, 0.2) is 18.2 Å². The van der Waals surface area contributed by atoms with Gasteiger partial charge in [0.05, 0.1) is 20.2 Å². The molecule has 4 heteroatoms. The zero-order valence-corrected chi connectivity index (χ0v) is 10.4. The molecule has 1 aliphatic rings. The fourth-order valence-corrected chi connectivity index (χ4v) is 3.85. The molecule has 0 saturated heterocycles. The van der Waals surface area contributed by atoms with Gasteiger partial charge >= 0.3 is 0 Å². The standard InChI is InChI=1S/C12H13ClN2S/c13-8-4-2-6-10-11(8)16-12(15-10)7-3-1-5-9(7)14/h2,4,6-7,9H,1,3,5,14H2. The van der Waals surface area contributed by atoms with Gasteiger partial charge in [0.1, 0.15) is 0 Å². The minimum Gasteiger partial charge on any atom is -0.327 e. The molecule has 1 saturated carbocycles. The van der Waals surface area contributed by atoms with Gasteiger partial charge in [-0.1, -0.05) is 24.1 Å². The fourth-order valence-electron chi connectivity index (χ4n) is 2.39. The summed E-state index contributed by atoms with van der Waals surface area (Å²) >= 11 is 7.85. The van der Waals surface area contributed by atoms with E-state index in [1.165, 1.54) is 12.8 Å². The van der Waals surface area contributed by atoms with Gasteiger partial charge in [0, 0.05) is 12.0 Å². The summed E-state index contributed by atoms with van der Waals surface area (Å²) in [7, 11) is 0. The van der Waals surface area contributed by atoms with Crippen molar-refractivity contribution in [3.8, 4) is 0 Å². The molecule has 0 radical (unpaired) electrons. The predicted molar refractivity (Wildman–Crippen MR) is 69.2 cm³/mol. The molecule has 2 atom stereocenters. The van der Waals surface area contributed by atoms with E-state index in [-0.39, 0.29) is 6.04 Å². The van der Waals surface area contributed by atoms with E-state index in [9.17, 15) is 0 Å². The van der Waals surface area contributed by atoms with Crippen molar-refractivity contribution in [1.82, 2.24) is 4.98 Å². The average Bonchev–Trinajstić information content (AvgIpc) is 2.84. The van der Waals surface area contributed by atoms with Crippen LogP contribution in [0.3, 0.4) is 0 Å². The first-order valence-corrected chi connectivity index (χ1v) is 6.75. The van der Waals surface area contributed by atoms with Crippen LogP contribution in [0.1, 0.15) is 30.2 Å². The summed E-state index contributed by atoms with van der Waals surface area (Å²) in [5.41, 5.74) is 7.11. The van der Waals surface area contributed by atoms with Crippen molar-refractivity contribution in [3.05, 3.63) is 28.2 Å². The second-order valence-electron chi connectivity index (χ2n) is 4.34. The molecule has 84 valence electrons. The normalized spacial score (nSPS) is 25.4. The molecule has 2 nitrogen and oxygen atoms in total. The van der Waals surface area contributed by atoms with Crippen LogP contribution in [0.2, 0.25) is 5.02 Å². The molecule has 1 aromatic heterocycles. The van der Waals surface area contributed by atoms with Crippen molar-refractivity contribution in [2.24, 2.45) is 5.73 Å². The van der Waals surface area contributed by atoms with E-state index in [1.54, 1.807) is 11.3 Å². The highest BCUT2D eigenvalue weighted by atomic mass is 35.5. The lowest BCUT2D eigenvalue weighted by molar-refractivity contribution is 0.611. The molecule has 0 amide bonds. The highest BCUT2D eigenvalue weighted by molar-refractivity contribution is 7.19. The number of nitrogens with two attached hydrogens (primary N) is 1. The first kappa shape index (κ1) is 10.5. The highest BCUT2D eigenvalue weighted by Crippen LogP contribution is 2.39.